The van der Waals surface area contributed by atoms with E-state index in [4.69, 9.17) is 14.8 Å². The number of amides is 1. The van der Waals surface area contributed by atoms with Crippen LogP contribution in [0, 0.1) is 0 Å². The van der Waals surface area contributed by atoms with Gasteiger partial charge in [0.25, 0.3) is 0 Å². The van der Waals surface area contributed by atoms with Crippen LogP contribution in [0.3, 0.4) is 0 Å². The van der Waals surface area contributed by atoms with Crippen LogP contribution in [0.25, 0.3) is 16.7 Å². The van der Waals surface area contributed by atoms with E-state index in [2.05, 4.69) is 27.4 Å². The number of ether oxygens (including phenoxy) is 1. The molecule has 1 saturated carbocycles. The Morgan fingerprint density at radius 1 is 1.10 bits per heavy atom. The third-order valence-electron chi connectivity index (χ3n) is 7.72. The highest BCUT2D eigenvalue weighted by atomic mass is 32.2. The molecule has 1 atom stereocenters. The topological polar surface area (TPSA) is 139 Å². The summed E-state index contributed by atoms with van der Waals surface area (Å²) < 4.78 is 30.5. The van der Waals surface area contributed by atoms with Crippen molar-refractivity contribution in [2.75, 3.05) is 43.6 Å². The van der Waals surface area contributed by atoms with Gasteiger partial charge in [0.2, 0.25) is 5.95 Å². The lowest BCUT2D eigenvalue weighted by atomic mass is 9.96. The van der Waals surface area contributed by atoms with E-state index in [1.807, 2.05) is 41.1 Å². The monoisotopic (exact) mass is 600 g/mol. The molecule has 0 unspecified atom stereocenters. The van der Waals surface area contributed by atoms with Crippen LogP contribution in [0.4, 0.5) is 10.7 Å². The van der Waals surface area contributed by atoms with Crippen LogP contribution in [0.5, 0.6) is 5.75 Å². The molecule has 2 aromatic heterocycles. The van der Waals surface area contributed by atoms with E-state index in [-0.39, 0.29) is 11.8 Å². The average molecular weight is 601 g/mol. The van der Waals surface area contributed by atoms with Gasteiger partial charge in [0.1, 0.15) is 21.4 Å². The molecule has 5 rings (SSSR count). The summed E-state index contributed by atoms with van der Waals surface area (Å²) >= 11 is 0. The Balaban J connectivity index is 0.000000283. The molecular weight excluding hydrogens is 556 g/mol. The van der Waals surface area contributed by atoms with Gasteiger partial charge in [-0.15, -0.1) is 0 Å². The van der Waals surface area contributed by atoms with Crippen molar-refractivity contribution >= 4 is 32.8 Å². The summed E-state index contributed by atoms with van der Waals surface area (Å²) in [6.07, 6.45) is 12.8. The minimum Gasteiger partial charge on any atom is -0.493 e. The molecule has 3 aromatic rings. The number of rotatable bonds is 10. The van der Waals surface area contributed by atoms with Crippen LogP contribution < -0.4 is 15.4 Å². The van der Waals surface area contributed by atoms with E-state index < -0.39 is 15.9 Å². The van der Waals surface area contributed by atoms with Crippen molar-refractivity contribution in [2.45, 2.75) is 70.4 Å². The minimum atomic E-state index is -2.97. The zero-order valence-corrected chi connectivity index (χ0v) is 25.5. The standard InChI is InChI=1S/C22H28N4O3S.C8H16N2O2/c1-30(27,28)16-6-15-29-20-10-5-9-19-18(20)12-14-26(19)21-11-13-23-22(25-21)24-17-7-3-2-4-8-17;1-2-10-5-3-4-7(6-10)9-8(11)12/h5,9-14,17H,2-4,6-8,15-16H2,1H3,(H,23,24,25);7,9H,2-6H2,1H3,(H,11,12)/t;7-/m.0/s1. The lowest BCUT2D eigenvalue weighted by Crippen LogP contribution is -2.47. The molecular formula is C30H44N6O5S. The predicted molar refractivity (Wildman–Crippen MR) is 165 cm³/mol. The number of hydrogen-bond donors (Lipinski definition) is 3. The van der Waals surface area contributed by atoms with Crippen molar-refractivity contribution in [1.29, 1.82) is 0 Å². The van der Waals surface area contributed by atoms with Crippen molar-refractivity contribution < 1.29 is 23.1 Å². The number of sulfone groups is 1. The van der Waals surface area contributed by atoms with E-state index >= 15 is 0 Å². The van der Waals surface area contributed by atoms with Gasteiger partial charge in [-0.05, 0) is 69.5 Å². The van der Waals surface area contributed by atoms with Gasteiger partial charge >= 0.3 is 6.09 Å². The maximum Gasteiger partial charge on any atom is 0.404 e. The number of likely N-dealkylation sites (tertiary alicyclic amines) is 1. The fourth-order valence-electron chi connectivity index (χ4n) is 5.59. The van der Waals surface area contributed by atoms with Crippen LogP contribution in [0.1, 0.15) is 58.3 Å². The van der Waals surface area contributed by atoms with Crippen LogP contribution in [-0.2, 0) is 9.84 Å². The van der Waals surface area contributed by atoms with Crippen molar-refractivity contribution in [3.8, 4) is 11.6 Å². The number of fused-ring (bicyclic) bond motifs is 1. The van der Waals surface area contributed by atoms with Crippen LogP contribution in [-0.4, -0.2) is 89.4 Å². The molecule has 3 heterocycles. The molecule has 1 aliphatic heterocycles. The van der Waals surface area contributed by atoms with Gasteiger partial charge in [-0.25, -0.2) is 18.2 Å². The molecule has 0 bridgehead atoms. The molecule has 3 N–H and O–H groups in total. The fraction of sp³-hybridized carbons (Fsp3) is 0.567. The summed E-state index contributed by atoms with van der Waals surface area (Å²) in [7, 11) is -2.97. The van der Waals surface area contributed by atoms with Crippen LogP contribution in [0.15, 0.2) is 42.7 Å². The Morgan fingerprint density at radius 3 is 2.62 bits per heavy atom. The number of anilines is 1. The van der Waals surface area contributed by atoms with Crippen molar-refractivity contribution in [1.82, 2.24) is 24.8 Å². The third-order valence-corrected chi connectivity index (χ3v) is 8.75. The van der Waals surface area contributed by atoms with E-state index in [0.29, 0.717) is 25.0 Å². The summed E-state index contributed by atoms with van der Waals surface area (Å²) in [6.45, 7) is 5.44. The molecule has 2 fully saturated rings. The second-order valence-corrected chi connectivity index (χ2v) is 13.4. The quantitative estimate of drug-likeness (QED) is 0.282. The second-order valence-electron chi connectivity index (χ2n) is 11.1. The van der Waals surface area contributed by atoms with Crippen LogP contribution >= 0.6 is 0 Å². The minimum absolute atomic E-state index is 0.127. The molecule has 42 heavy (non-hydrogen) atoms. The predicted octanol–water partition coefficient (Wildman–Crippen LogP) is 4.72. The number of benzene rings is 1. The van der Waals surface area contributed by atoms with E-state index in [9.17, 15) is 13.2 Å². The van der Waals surface area contributed by atoms with Gasteiger partial charge < -0.3 is 29.9 Å². The molecule has 1 aliphatic carbocycles. The molecule has 1 amide bonds. The zero-order valence-electron chi connectivity index (χ0n) is 24.7. The summed E-state index contributed by atoms with van der Waals surface area (Å²) in [5, 5.41) is 15.5. The average Bonchev–Trinajstić information content (AvgIpc) is 3.41. The number of piperidine rings is 1. The SMILES string of the molecule is CCN1CCC[C@H](NC(=O)O)C1.CS(=O)(=O)CCCOc1cccc2c1ccn2-c1ccnc(NC2CCCCC2)n1. The largest absolute Gasteiger partial charge is 0.493 e. The molecule has 230 valence electrons. The molecule has 1 aromatic carbocycles. The van der Waals surface area contributed by atoms with Crippen LogP contribution in [0.2, 0.25) is 0 Å². The van der Waals surface area contributed by atoms with Gasteiger partial charge in [0.15, 0.2) is 0 Å². The Morgan fingerprint density at radius 2 is 1.88 bits per heavy atom. The Hall–Kier alpha value is -3.38. The highest BCUT2D eigenvalue weighted by Crippen LogP contribution is 2.29. The van der Waals surface area contributed by atoms with Gasteiger partial charge in [0.05, 0.1) is 17.9 Å². The third kappa shape index (κ3) is 9.59. The number of carbonyl (C=O) groups is 1. The number of carboxylic acid groups (broad SMARTS) is 1. The number of nitrogens with zero attached hydrogens (tertiary/aromatic N) is 4. The van der Waals surface area contributed by atoms with Gasteiger partial charge in [-0.2, -0.15) is 4.98 Å². The molecule has 0 radical (unpaired) electrons. The highest BCUT2D eigenvalue weighted by Gasteiger charge is 2.19. The van der Waals surface area contributed by atoms with E-state index in [1.54, 1.807) is 6.20 Å². The Kier molecular flexibility index (Phi) is 11.4. The molecule has 11 nitrogen and oxygen atoms in total. The first-order valence-corrected chi connectivity index (χ1v) is 17.0. The maximum absolute atomic E-state index is 11.3. The van der Waals surface area contributed by atoms with Gasteiger partial charge in [-0.1, -0.05) is 32.3 Å². The normalized spacial score (nSPS) is 18.2. The number of nitrogens with one attached hydrogen (secondary N) is 2. The van der Waals surface area contributed by atoms with Crippen molar-refractivity contribution in [2.24, 2.45) is 0 Å². The van der Waals surface area contributed by atoms with E-state index in [0.717, 1.165) is 54.9 Å². The van der Waals surface area contributed by atoms with Crippen molar-refractivity contribution in [3.63, 3.8) is 0 Å². The Bertz CT molecular complexity index is 1410. The van der Waals surface area contributed by atoms with E-state index in [1.165, 1.54) is 38.4 Å². The smallest absolute Gasteiger partial charge is 0.404 e. The second kappa shape index (κ2) is 15.2. The highest BCUT2D eigenvalue weighted by molar-refractivity contribution is 7.90. The molecule has 0 spiro atoms. The summed E-state index contributed by atoms with van der Waals surface area (Å²) in [5.74, 6) is 2.33. The number of likely N-dealkylation sites (N-methyl/N-ethyl adjacent to an activating group) is 1. The molecule has 12 heteroatoms. The first kappa shape index (κ1) is 31.6. The first-order valence-electron chi connectivity index (χ1n) is 14.9. The molecule has 2 aliphatic rings. The number of aromatic nitrogens is 3. The summed E-state index contributed by atoms with van der Waals surface area (Å²) in [5.41, 5.74) is 0.984. The Labute approximate surface area is 248 Å². The zero-order chi connectivity index (χ0) is 30.0. The van der Waals surface area contributed by atoms with Gasteiger partial charge in [-0.3, -0.25) is 0 Å². The fourth-order valence-corrected chi connectivity index (χ4v) is 6.23. The number of hydrogen-bond acceptors (Lipinski definition) is 8. The maximum atomic E-state index is 11.3. The summed E-state index contributed by atoms with van der Waals surface area (Å²) in [4.78, 5) is 21.7. The lowest BCUT2D eigenvalue weighted by molar-refractivity contribution is 0.166. The van der Waals surface area contributed by atoms with Crippen molar-refractivity contribution in [3.05, 3.63) is 42.7 Å². The lowest BCUT2D eigenvalue weighted by Gasteiger charge is -2.31. The van der Waals surface area contributed by atoms with Gasteiger partial charge in [0, 0.05) is 42.7 Å². The molecule has 1 saturated heterocycles. The first-order chi connectivity index (χ1) is 20.2. The summed E-state index contributed by atoms with van der Waals surface area (Å²) in [6, 6.07) is 10.3.